The van der Waals surface area contributed by atoms with E-state index < -0.39 is 0 Å². The second-order valence-corrected chi connectivity index (χ2v) is 3.27. The molecule has 68 valence electrons. The largest absolute Gasteiger partial charge is 0.464 e. The molecule has 2 N–H and O–H groups in total. The van der Waals surface area contributed by atoms with Crippen LogP contribution >= 0.6 is 12.6 Å². The monoisotopic (exact) mass is 193 g/mol. The fourth-order valence-corrected chi connectivity index (χ4v) is 1.62. The highest BCUT2D eigenvalue weighted by molar-refractivity contribution is 7.79. The third kappa shape index (κ3) is 1.45. The molecule has 2 rings (SSSR count). The molecule has 0 saturated carbocycles. The number of nitrogens with two attached hydrogens (primary N) is 1. The standard InChI is InChI=1S/C10H11NOS/c11-4-7-1-2-10-9(3-7)8(6-13)5-12-10/h1-3,5,13H,4,6,11H2. The van der Waals surface area contributed by atoms with Gasteiger partial charge in [0.15, 0.2) is 0 Å². The highest BCUT2D eigenvalue weighted by atomic mass is 32.1. The zero-order chi connectivity index (χ0) is 9.26. The Morgan fingerprint density at radius 2 is 2.23 bits per heavy atom. The molecule has 13 heavy (non-hydrogen) atoms. The molecule has 0 bridgehead atoms. The summed E-state index contributed by atoms with van der Waals surface area (Å²) in [5.41, 5.74) is 8.70. The Labute approximate surface area is 82.1 Å². The Morgan fingerprint density at radius 1 is 1.38 bits per heavy atom. The first-order valence-corrected chi connectivity index (χ1v) is 4.78. The zero-order valence-electron chi connectivity index (χ0n) is 7.16. The van der Waals surface area contributed by atoms with E-state index in [0.717, 1.165) is 22.1 Å². The van der Waals surface area contributed by atoms with Gasteiger partial charge in [0.1, 0.15) is 5.58 Å². The van der Waals surface area contributed by atoms with Crippen molar-refractivity contribution in [3.05, 3.63) is 35.6 Å². The fraction of sp³-hybridized carbons (Fsp3) is 0.200. The minimum absolute atomic E-state index is 0.563. The van der Waals surface area contributed by atoms with Crippen molar-refractivity contribution in [3.8, 4) is 0 Å². The number of benzene rings is 1. The Kier molecular flexibility index (Phi) is 2.29. The lowest BCUT2D eigenvalue weighted by Crippen LogP contribution is -1.95. The van der Waals surface area contributed by atoms with Crippen LogP contribution in [0.2, 0.25) is 0 Å². The van der Waals surface area contributed by atoms with Gasteiger partial charge < -0.3 is 10.2 Å². The van der Waals surface area contributed by atoms with Gasteiger partial charge in [-0.05, 0) is 17.7 Å². The summed E-state index contributed by atoms with van der Waals surface area (Å²) in [5, 5.41) is 1.12. The van der Waals surface area contributed by atoms with Gasteiger partial charge in [-0.1, -0.05) is 6.07 Å². The molecule has 1 aromatic carbocycles. The maximum absolute atomic E-state index is 5.55. The minimum Gasteiger partial charge on any atom is -0.464 e. The van der Waals surface area contributed by atoms with Gasteiger partial charge in [0.2, 0.25) is 0 Å². The van der Waals surface area contributed by atoms with Crippen LogP contribution < -0.4 is 5.73 Å². The van der Waals surface area contributed by atoms with Crippen LogP contribution in [0.3, 0.4) is 0 Å². The van der Waals surface area contributed by atoms with Gasteiger partial charge >= 0.3 is 0 Å². The molecule has 0 amide bonds. The molecule has 0 unspecified atom stereocenters. The van der Waals surface area contributed by atoms with Crippen molar-refractivity contribution < 1.29 is 4.42 Å². The molecular weight excluding hydrogens is 182 g/mol. The SMILES string of the molecule is NCc1ccc2occ(CS)c2c1. The number of hydrogen-bond donors (Lipinski definition) is 2. The first kappa shape index (κ1) is 8.66. The van der Waals surface area contributed by atoms with E-state index in [2.05, 4.69) is 18.7 Å². The van der Waals surface area contributed by atoms with Gasteiger partial charge in [0, 0.05) is 23.2 Å². The third-order valence-electron chi connectivity index (χ3n) is 2.12. The van der Waals surface area contributed by atoms with Gasteiger partial charge in [0.25, 0.3) is 0 Å². The first-order chi connectivity index (χ1) is 6.35. The number of rotatable bonds is 2. The number of thiol groups is 1. The number of furan rings is 1. The first-order valence-electron chi connectivity index (χ1n) is 4.15. The summed E-state index contributed by atoms with van der Waals surface area (Å²) in [6.45, 7) is 0.563. The van der Waals surface area contributed by atoms with Gasteiger partial charge in [-0.15, -0.1) is 0 Å². The van der Waals surface area contributed by atoms with Crippen molar-refractivity contribution in [2.75, 3.05) is 0 Å². The molecule has 0 aliphatic carbocycles. The normalized spacial score (nSPS) is 10.9. The third-order valence-corrected chi connectivity index (χ3v) is 2.46. The van der Waals surface area contributed by atoms with E-state index in [1.165, 1.54) is 0 Å². The topological polar surface area (TPSA) is 39.2 Å². The van der Waals surface area contributed by atoms with E-state index >= 15 is 0 Å². The van der Waals surface area contributed by atoms with Crippen LogP contribution in [0, 0.1) is 0 Å². The quantitative estimate of drug-likeness (QED) is 0.718. The lowest BCUT2D eigenvalue weighted by atomic mass is 10.1. The van der Waals surface area contributed by atoms with Crippen molar-refractivity contribution in [1.29, 1.82) is 0 Å². The van der Waals surface area contributed by atoms with Crippen LogP contribution in [0.25, 0.3) is 11.0 Å². The molecule has 0 fully saturated rings. The maximum atomic E-state index is 5.55. The average molecular weight is 193 g/mol. The Balaban J connectivity index is 2.64. The maximum Gasteiger partial charge on any atom is 0.134 e. The van der Waals surface area contributed by atoms with E-state index in [0.29, 0.717) is 12.3 Å². The second-order valence-electron chi connectivity index (χ2n) is 2.95. The van der Waals surface area contributed by atoms with Crippen molar-refractivity contribution >= 4 is 23.6 Å². The molecule has 2 nitrogen and oxygen atoms in total. The van der Waals surface area contributed by atoms with Gasteiger partial charge in [-0.25, -0.2) is 0 Å². The molecule has 0 aliphatic heterocycles. The summed E-state index contributed by atoms with van der Waals surface area (Å²) in [4.78, 5) is 0. The number of hydrogen-bond acceptors (Lipinski definition) is 3. The molecule has 1 aromatic heterocycles. The Hall–Kier alpha value is -0.930. The van der Waals surface area contributed by atoms with Gasteiger partial charge in [0.05, 0.1) is 6.26 Å². The van der Waals surface area contributed by atoms with E-state index in [-0.39, 0.29) is 0 Å². The summed E-state index contributed by atoms with van der Waals surface area (Å²) < 4.78 is 5.35. The molecule has 0 atom stereocenters. The zero-order valence-corrected chi connectivity index (χ0v) is 8.05. The van der Waals surface area contributed by atoms with E-state index in [1.54, 1.807) is 6.26 Å². The summed E-state index contributed by atoms with van der Waals surface area (Å²) in [6, 6.07) is 5.99. The molecular formula is C10H11NOS. The minimum atomic E-state index is 0.563. The average Bonchev–Trinajstić information content (AvgIpc) is 2.59. The van der Waals surface area contributed by atoms with Crippen LogP contribution in [0.4, 0.5) is 0 Å². The molecule has 3 heteroatoms. The van der Waals surface area contributed by atoms with Crippen LogP contribution in [0.1, 0.15) is 11.1 Å². The van der Waals surface area contributed by atoms with E-state index in [4.69, 9.17) is 10.2 Å². The highest BCUT2D eigenvalue weighted by Crippen LogP contribution is 2.23. The highest BCUT2D eigenvalue weighted by Gasteiger charge is 2.04. The molecule has 1 heterocycles. The molecule has 0 saturated heterocycles. The molecule has 2 aromatic rings. The van der Waals surface area contributed by atoms with Crippen molar-refractivity contribution in [1.82, 2.24) is 0 Å². The molecule has 0 spiro atoms. The fourth-order valence-electron chi connectivity index (χ4n) is 1.38. The van der Waals surface area contributed by atoms with Gasteiger partial charge in [-0.2, -0.15) is 12.6 Å². The van der Waals surface area contributed by atoms with E-state index in [9.17, 15) is 0 Å². The van der Waals surface area contributed by atoms with Crippen LogP contribution in [-0.4, -0.2) is 0 Å². The van der Waals surface area contributed by atoms with Crippen molar-refractivity contribution in [2.24, 2.45) is 5.73 Å². The lowest BCUT2D eigenvalue weighted by molar-refractivity contribution is 0.612. The predicted molar refractivity (Wildman–Crippen MR) is 56.8 cm³/mol. The van der Waals surface area contributed by atoms with Crippen LogP contribution in [0.5, 0.6) is 0 Å². The van der Waals surface area contributed by atoms with Crippen molar-refractivity contribution in [3.63, 3.8) is 0 Å². The van der Waals surface area contributed by atoms with Gasteiger partial charge in [-0.3, -0.25) is 0 Å². The number of fused-ring (bicyclic) bond motifs is 1. The van der Waals surface area contributed by atoms with Crippen LogP contribution in [0.15, 0.2) is 28.9 Å². The van der Waals surface area contributed by atoms with Crippen LogP contribution in [-0.2, 0) is 12.3 Å². The van der Waals surface area contributed by atoms with Crippen molar-refractivity contribution in [2.45, 2.75) is 12.3 Å². The summed E-state index contributed by atoms with van der Waals surface area (Å²) in [5.74, 6) is 0.695. The lowest BCUT2D eigenvalue weighted by Gasteiger charge is -1.96. The molecule has 0 radical (unpaired) electrons. The Bertz CT molecular complexity index is 422. The summed E-state index contributed by atoms with van der Waals surface area (Å²) in [7, 11) is 0. The smallest absolute Gasteiger partial charge is 0.134 e. The predicted octanol–water partition coefficient (Wildman–Crippen LogP) is 2.32. The molecule has 0 aliphatic rings. The summed E-state index contributed by atoms with van der Waals surface area (Å²) in [6.07, 6.45) is 1.75. The summed E-state index contributed by atoms with van der Waals surface area (Å²) >= 11 is 4.22. The Morgan fingerprint density at radius 3 is 2.92 bits per heavy atom. The second kappa shape index (κ2) is 3.44. The van der Waals surface area contributed by atoms with E-state index in [1.807, 2.05) is 12.1 Å².